The fourth-order valence-electron chi connectivity index (χ4n) is 4.49. The number of benzene rings is 1. The molecule has 1 aromatic heterocycles. The van der Waals surface area contributed by atoms with Crippen LogP contribution in [0.5, 0.6) is 0 Å². The summed E-state index contributed by atoms with van der Waals surface area (Å²) in [4.78, 5) is 8.80. The standard InChI is InChI=1S/C23H33N3O/c1-19(26-13-15-27-16-14-26)23-8-7-22(24-23)18-25-11-9-21(10-12-25)17-20-5-3-2-4-6-20/h2-8,19,21,24H,9-18H2,1H3. The molecule has 4 nitrogen and oxygen atoms in total. The van der Waals surface area contributed by atoms with Crippen molar-refractivity contribution in [2.75, 3.05) is 39.4 Å². The van der Waals surface area contributed by atoms with Crippen LogP contribution in [0, 0.1) is 5.92 Å². The number of ether oxygens (including phenoxy) is 1. The van der Waals surface area contributed by atoms with Gasteiger partial charge in [0, 0.05) is 37.1 Å². The molecule has 27 heavy (non-hydrogen) atoms. The fraction of sp³-hybridized carbons (Fsp3) is 0.565. The van der Waals surface area contributed by atoms with Crippen LogP contribution < -0.4 is 0 Å². The summed E-state index contributed by atoms with van der Waals surface area (Å²) in [5.74, 6) is 0.837. The van der Waals surface area contributed by atoms with E-state index >= 15 is 0 Å². The smallest absolute Gasteiger partial charge is 0.0594 e. The Labute approximate surface area is 163 Å². The van der Waals surface area contributed by atoms with Gasteiger partial charge in [-0.2, -0.15) is 0 Å². The molecule has 2 saturated heterocycles. The van der Waals surface area contributed by atoms with Crippen molar-refractivity contribution in [3.8, 4) is 0 Å². The monoisotopic (exact) mass is 367 g/mol. The third-order valence-corrected chi connectivity index (χ3v) is 6.28. The highest BCUT2D eigenvalue weighted by Crippen LogP contribution is 2.24. The first kappa shape index (κ1) is 18.7. The second-order valence-corrected chi connectivity index (χ2v) is 8.17. The number of likely N-dealkylation sites (tertiary alicyclic amines) is 1. The van der Waals surface area contributed by atoms with Gasteiger partial charge >= 0.3 is 0 Å². The summed E-state index contributed by atoms with van der Waals surface area (Å²) in [7, 11) is 0. The van der Waals surface area contributed by atoms with E-state index in [0.717, 1.165) is 38.8 Å². The Balaban J connectivity index is 1.25. The summed E-state index contributed by atoms with van der Waals surface area (Å²) in [5, 5.41) is 0. The first-order valence-electron chi connectivity index (χ1n) is 10.5. The van der Waals surface area contributed by atoms with Gasteiger partial charge in [-0.05, 0) is 62.9 Å². The van der Waals surface area contributed by atoms with E-state index in [-0.39, 0.29) is 0 Å². The molecule has 1 aromatic carbocycles. The Hall–Kier alpha value is -1.62. The molecule has 0 bridgehead atoms. The van der Waals surface area contributed by atoms with Crippen LogP contribution in [0.2, 0.25) is 0 Å². The number of rotatable bonds is 6. The SMILES string of the molecule is CC(c1ccc(CN2CCC(Cc3ccccc3)CC2)[nH]1)N1CCOCC1. The van der Waals surface area contributed by atoms with Crippen LogP contribution in [0.4, 0.5) is 0 Å². The van der Waals surface area contributed by atoms with Crippen LogP contribution in [0.15, 0.2) is 42.5 Å². The molecule has 2 aromatic rings. The molecule has 0 spiro atoms. The van der Waals surface area contributed by atoms with E-state index in [0.29, 0.717) is 6.04 Å². The van der Waals surface area contributed by atoms with Gasteiger partial charge in [0.2, 0.25) is 0 Å². The predicted molar refractivity (Wildman–Crippen MR) is 110 cm³/mol. The Bertz CT molecular complexity index is 685. The molecule has 1 N–H and O–H groups in total. The summed E-state index contributed by atoms with van der Waals surface area (Å²) >= 11 is 0. The van der Waals surface area contributed by atoms with E-state index in [1.54, 1.807) is 0 Å². The van der Waals surface area contributed by atoms with Gasteiger partial charge in [0.05, 0.1) is 13.2 Å². The first-order chi connectivity index (χ1) is 13.3. The molecule has 0 saturated carbocycles. The van der Waals surface area contributed by atoms with Crippen LogP contribution in [-0.2, 0) is 17.7 Å². The highest BCUT2D eigenvalue weighted by atomic mass is 16.5. The molecular weight excluding hydrogens is 334 g/mol. The van der Waals surface area contributed by atoms with Crippen LogP contribution in [-0.4, -0.2) is 54.2 Å². The van der Waals surface area contributed by atoms with E-state index in [4.69, 9.17) is 4.74 Å². The lowest BCUT2D eigenvalue weighted by Crippen LogP contribution is -2.38. The minimum absolute atomic E-state index is 0.444. The summed E-state index contributed by atoms with van der Waals surface area (Å²) in [6.45, 7) is 9.56. The molecule has 2 fully saturated rings. The molecule has 0 aliphatic carbocycles. The number of morpholine rings is 1. The number of H-pyrrole nitrogens is 1. The van der Waals surface area contributed by atoms with Gasteiger partial charge in [-0.3, -0.25) is 9.80 Å². The molecule has 1 unspecified atom stereocenters. The average molecular weight is 368 g/mol. The first-order valence-corrected chi connectivity index (χ1v) is 10.5. The van der Waals surface area contributed by atoms with Gasteiger partial charge in [-0.1, -0.05) is 30.3 Å². The van der Waals surface area contributed by atoms with Crippen LogP contribution in [0.3, 0.4) is 0 Å². The summed E-state index contributed by atoms with van der Waals surface area (Å²) in [6.07, 6.45) is 3.86. The lowest BCUT2D eigenvalue weighted by atomic mass is 9.90. The van der Waals surface area contributed by atoms with E-state index in [2.05, 4.69) is 64.2 Å². The van der Waals surface area contributed by atoms with Gasteiger partial charge in [0.25, 0.3) is 0 Å². The summed E-state index contributed by atoms with van der Waals surface area (Å²) in [5.41, 5.74) is 4.18. The van der Waals surface area contributed by atoms with Crippen LogP contribution in [0.25, 0.3) is 0 Å². The maximum atomic E-state index is 5.48. The van der Waals surface area contributed by atoms with Crippen LogP contribution >= 0.6 is 0 Å². The molecule has 2 aliphatic rings. The zero-order valence-electron chi connectivity index (χ0n) is 16.6. The molecule has 4 heteroatoms. The lowest BCUT2D eigenvalue weighted by Gasteiger charge is -2.32. The van der Waals surface area contributed by atoms with E-state index in [9.17, 15) is 0 Å². The number of aromatic nitrogens is 1. The van der Waals surface area contributed by atoms with Gasteiger partial charge in [-0.15, -0.1) is 0 Å². The molecule has 0 radical (unpaired) electrons. The number of piperidine rings is 1. The quantitative estimate of drug-likeness (QED) is 0.841. The third-order valence-electron chi connectivity index (χ3n) is 6.28. The van der Waals surface area contributed by atoms with Crippen molar-refractivity contribution in [3.05, 3.63) is 59.4 Å². The fourth-order valence-corrected chi connectivity index (χ4v) is 4.49. The van der Waals surface area contributed by atoms with Crippen molar-refractivity contribution in [2.24, 2.45) is 5.92 Å². The number of aromatic amines is 1. The van der Waals surface area contributed by atoms with Crippen molar-refractivity contribution >= 4 is 0 Å². The Morgan fingerprint density at radius 1 is 1.00 bits per heavy atom. The van der Waals surface area contributed by atoms with Crippen molar-refractivity contribution in [1.29, 1.82) is 0 Å². The molecule has 4 rings (SSSR count). The number of nitrogens with zero attached hydrogens (tertiary/aromatic N) is 2. The second kappa shape index (κ2) is 9.05. The molecule has 2 aliphatic heterocycles. The van der Waals surface area contributed by atoms with E-state index in [1.807, 2.05) is 0 Å². The maximum absolute atomic E-state index is 5.48. The van der Waals surface area contributed by atoms with Crippen molar-refractivity contribution in [2.45, 2.75) is 38.8 Å². The van der Waals surface area contributed by atoms with E-state index < -0.39 is 0 Å². The topological polar surface area (TPSA) is 31.5 Å². The Morgan fingerprint density at radius 2 is 1.74 bits per heavy atom. The summed E-state index contributed by atoms with van der Waals surface area (Å²) in [6, 6.07) is 16.0. The predicted octanol–water partition coefficient (Wildman–Crippen LogP) is 3.86. The maximum Gasteiger partial charge on any atom is 0.0594 e. The second-order valence-electron chi connectivity index (χ2n) is 8.17. The highest BCUT2D eigenvalue weighted by molar-refractivity contribution is 5.17. The minimum Gasteiger partial charge on any atom is -0.379 e. The highest BCUT2D eigenvalue weighted by Gasteiger charge is 2.22. The van der Waals surface area contributed by atoms with Gasteiger partial charge < -0.3 is 9.72 Å². The van der Waals surface area contributed by atoms with Gasteiger partial charge in [0.15, 0.2) is 0 Å². The molecule has 3 heterocycles. The summed E-state index contributed by atoms with van der Waals surface area (Å²) < 4.78 is 5.48. The largest absolute Gasteiger partial charge is 0.379 e. The van der Waals surface area contributed by atoms with Crippen molar-refractivity contribution < 1.29 is 4.74 Å². The third kappa shape index (κ3) is 5.01. The average Bonchev–Trinajstić information content (AvgIpc) is 3.19. The zero-order chi connectivity index (χ0) is 18.5. The van der Waals surface area contributed by atoms with Crippen molar-refractivity contribution in [3.63, 3.8) is 0 Å². The number of nitrogens with one attached hydrogen (secondary N) is 1. The normalized spacial score (nSPS) is 21.4. The molecule has 0 amide bonds. The number of hydrogen-bond acceptors (Lipinski definition) is 3. The van der Waals surface area contributed by atoms with Gasteiger partial charge in [-0.25, -0.2) is 0 Å². The van der Waals surface area contributed by atoms with Gasteiger partial charge in [0.1, 0.15) is 0 Å². The molecule has 146 valence electrons. The Kier molecular flexibility index (Phi) is 6.28. The minimum atomic E-state index is 0.444. The van der Waals surface area contributed by atoms with Crippen molar-refractivity contribution in [1.82, 2.24) is 14.8 Å². The zero-order valence-corrected chi connectivity index (χ0v) is 16.6. The Morgan fingerprint density at radius 3 is 2.48 bits per heavy atom. The number of hydrogen-bond donors (Lipinski definition) is 1. The molecular formula is C23H33N3O. The van der Waals surface area contributed by atoms with E-state index in [1.165, 1.54) is 49.3 Å². The lowest BCUT2D eigenvalue weighted by molar-refractivity contribution is 0.0191. The molecule has 1 atom stereocenters. The van der Waals surface area contributed by atoms with Crippen LogP contribution in [0.1, 0.15) is 42.8 Å².